The zero-order valence-electron chi connectivity index (χ0n) is 11.5. The number of nitrogens with zero attached hydrogens (tertiary/aromatic N) is 2. The van der Waals surface area contributed by atoms with Crippen molar-refractivity contribution in [3.63, 3.8) is 0 Å². The highest BCUT2D eigenvalue weighted by Crippen LogP contribution is 2.30. The van der Waals surface area contributed by atoms with Crippen LogP contribution in [0.4, 0.5) is 0 Å². The number of sulfonamides is 1. The Bertz CT molecular complexity index is 640. The summed E-state index contributed by atoms with van der Waals surface area (Å²) >= 11 is 0. The maximum Gasteiger partial charge on any atom is 0.285 e. The van der Waals surface area contributed by atoms with Gasteiger partial charge in [0, 0.05) is 24.7 Å². The van der Waals surface area contributed by atoms with E-state index in [2.05, 4.69) is 21.5 Å². The molecule has 108 valence electrons. The van der Waals surface area contributed by atoms with Crippen molar-refractivity contribution in [2.75, 3.05) is 19.6 Å². The summed E-state index contributed by atoms with van der Waals surface area (Å²) in [4.78, 5) is 2.48. The van der Waals surface area contributed by atoms with E-state index in [1.54, 1.807) is 12.1 Å². The molecule has 2 aliphatic rings. The molecule has 0 saturated carbocycles. The lowest BCUT2D eigenvalue weighted by Crippen LogP contribution is -2.41. The van der Waals surface area contributed by atoms with Crippen LogP contribution in [-0.4, -0.2) is 44.8 Å². The summed E-state index contributed by atoms with van der Waals surface area (Å²) in [5.41, 5.74) is 0.746. The predicted octanol–water partition coefficient (Wildman–Crippen LogP) is 1.21. The van der Waals surface area contributed by atoms with Gasteiger partial charge in [0.2, 0.25) is 0 Å². The largest absolute Gasteiger partial charge is 0.351 e. The molecule has 1 aromatic carbocycles. The topological polar surface area (TPSA) is 61.8 Å². The maximum atomic E-state index is 12.1. The van der Waals surface area contributed by atoms with Crippen molar-refractivity contribution in [1.82, 2.24) is 10.2 Å². The van der Waals surface area contributed by atoms with Crippen LogP contribution in [0.5, 0.6) is 0 Å². The Morgan fingerprint density at radius 2 is 2.20 bits per heavy atom. The first kappa shape index (κ1) is 13.6. The summed E-state index contributed by atoms with van der Waals surface area (Å²) in [5, 5.41) is 3.34. The molecule has 6 heteroatoms. The van der Waals surface area contributed by atoms with Crippen LogP contribution in [0, 0.1) is 0 Å². The first-order valence-corrected chi connectivity index (χ1v) is 8.49. The van der Waals surface area contributed by atoms with E-state index in [-0.39, 0.29) is 0 Å². The minimum atomic E-state index is -3.51. The maximum absolute atomic E-state index is 12.1. The number of benzene rings is 1. The second kappa shape index (κ2) is 5.18. The van der Waals surface area contributed by atoms with Crippen molar-refractivity contribution < 1.29 is 8.42 Å². The lowest BCUT2D eigenvalue weighted by atomic mass is 10.1. The highest BCUT2D eigenvalue weighted by Gasteiger charge is 2.36. The van der Waals surface area contributed by atoms with Crippen molar-refractivity contribution >= 4 is 15.9 Å². The summed E-state index contributed by atoms with van der Waals surface area (Å²) in [7, 11) is -3.51. The molecular formula is C14H19N3O2S. The van der Waals surface area contributed by atoms with Gasteiger partial charge in [-0.15, -0.1) is 4.40 Å². The Morgan fingerprint density at radius 1 is 1.40 bits per heavy atom. The minimum absolute atomic E-state index is 0.329. The molecule has 1 unspecified atom stereocenters. The van der Waals surface area contributed by atoms with Gasteiger partial charge in [-0.05, 0) is 31.5 Å². The molecule has 0 radical (unpaired) electrons. The zero-order valence-corrected chi connectivity index (χ0v) is 12.4. The molecule has 0 amide bonds. The number of rotatable bonds is 3. The first-order valence-electron chi connectivity index (χ1n) is 7.05. The quantitative estimate of drug-likeness (QED) is 0.910. The molecule has 1 fully saturated rings. The van der Waals surface area contributed by atoms with Crippen LogP contribution in [-0.2, 0) is 10.0 Å². The number of fused-ring (bicyclic) bond motifs is 1. The molecule has 5 nitrogen and oxygen atoms in total. The molecule has 0 spiro atoms. The Labute approximate surface area is 119 Å². The highest BCUT2D eigenvalue weighted by atomic mass is 32.2. The van der Waals surface area contributed by atoms with E-state index in [1.807, 2.05) is 12.1 Å². The third kappa shape index (κ3) is 2.23. The molecule has 1 aromatic rings. The Morgan fingerprint density at radius 3 is 3.00 bits per heavy atom. The molecule has 0 aliphatic carbocycles. The van der Waals surface area contributed by atoms with E-state index >= 15 is 0 Å². The third-order valence-corrected chi connectivity index (χ3v) is 5.22. The van der Waals surface area contributed by atoms with Crippen LogP contribution in [0.2, 0.25) is 0 Å². The lowest BCUT2D eigenvalue weighted by Gasteiger charge is -2.26. The Hall–Kier alpha value is -1.40. The number of likely N-dealkylation sites (N-methyl/N-ethyl adjacent to an activating group) is 1. The molecule has 0 aromatic heterocycles. The van der Waals surface area contributed by atoms with Crippen LogP contribution in [0.3, 0.4) is 0 Å². The fraction of sp³-hybridized carbons (Fsp3) is 0.500. The Balaban J connectivity index is 1.95. The van der Waals surface area contributed by atoms with E-state index in [9.17, 15) is 8.42 Å². The first-order chi connectivity index (χ1) is 9.63. The van der Waals surface area contributed by atoms with Crippen molar-refractivity contribution in [3.05, 3.63) is 29.8 Å². The normalized spacial score (nSPS) is 23.8. The van der Waals surface area contributed by atoms with E-state index in [0.717, 1.165) is 38.0 Å². The van der Waals surface area contributed by atoms with E-state index in [0.29, 0.717) is 16.8 Å². The number of amidine groups is 1. The second-order valence-electron chi connectivity index (χ2n) is 5.18. The molecule has 20 heavy (non-hydrogen) atoms. The Kier molecular flexibility index (Phi) is 3.52. The average Bonchev–Trinajstić information content (AvgIpc) is 3.00. The minimum Gasteiger partial charge on any atom is -0.351 e. The second-order valence-corrected chi connectivity index (χ2v) is 6.76. The smallest absolute Gasteiger partial charge is 0.285 e. The summed E-state index contributed by atoms with van der Waals surface area (Å²) in [6.45, 7) is 4.74. The van der Waals surface area contributed by atoms with Crippen LogP contribution in [0.15, 0.2) is 33.6 Å². The van der Waals surface area contributed by atoms with Crippen LogP contribution in [0.25, 0.3) is 0 Å². The highest BCUT2D eigenvalue weighted by molar-refractivity contribution is 7.90. The number of hydrogen-bond acceptors (Lipinski definition) is 4. The van der Waals surface area contributed by atoms with Crippen molar-refractivity contribution in [1.29, 1.82) is 0 Å². The van der Waals surface area contributed by atoms with Crippen molar-refractivity contribution in [2.45, 2.75) is 30.7 Å². The molecule has 0 bridgehead atoms. The SMILES string of the molecule is CCNCC1CCCN1C1=NS(=O)(=O)c2ccccc21. The van der Waals surface area contributed by atoms with Gasteiger partial charge in [-0.2, -0.15) is 8.42 Å². The molecule has 1 atom stereocenters. The summed E-state index contributed by atoms with van der Waals surface area (Å²) in [6.07, 6.45) is 2.16. The fourth-order valence-corrected chi connectivity index (χ4v) is 4.15. The third-order valence-electron chi connectivity index (χ3n) is 3.89. The van der Waals surface area contributed by atoms with Crippen LogP contribution >= 0.6 is 0 Å². The number of likely N-dealkylation sites (tertiary alicyclic amines) is 1. The van der Waals surface area contributed by atoms with Crippen LogP contribution < -0.4 is 5.32 Å². The summed E-state index contributed by atoms with van der Waals surface area (Å²) in [5.74, 6) is 0.626. The number of nitrogens with one attached hydrogen (secondary N) is 1. The van der Waals surface area contributed by atoms with Gasteiger partial charge in [-0.1, -0.05) is 19.1 Å². The van der Waals surface area contributed by atoms with E-state index in [1.165, 1.54) is 0 Å². The summed E-state index contributed by atoms with van der Waals surface area (Å²) in [6, 6.07) is 7.42. The van der Waals surface area contributed by atoms with Gasteiger partial charge in [0.1, 0.15) is 4.90 Å². The number of hydrogen-bond donors (Lipinski definition) is 1. The van der Waals surface area contributed by atoms with Crippen LogP contribution in [0.1, 0.15) is 25.3 Å². The molecule has 2 aliphatic heterocycles. The standard InChI is InChI=1S/C14H19N3O2S/c1-2-15-10-11-6-5-9-17(11)14-12-7-3-4-8-13(12)20(18,19)16-14/h3-4,7-8,11,15H,2,5-6,9-10H2,1H3. The molecular weight excluding hydrogens is 274 g/mol. The fourth-order valence-electron chi connectivity index (χ4n) is 2.93. The van der Waals surface area contributed by atoms with Gasteiger partial charge in [-0.3, -0.25) is 0 Å². The zero-order chi connectivity index (χ0) is 14.2. The average molecular weight is 293 g/mol. The van der Waals surface area contributed by atoms with Gasteiger partial charge in [0.05, 0.1) is 0 Å². The van der Waals surface area contributed by atoms with Gasteiger partial charge in [0.15, 0.2) is 5.84 Å². The predicted molar refractivity (Wildman–Crippen MR) is 78.4 cm³/mol. The molecule has 2 heterocycles. The molecule has 1 N–H and O–H groups in total. The van der Waals surface area contributed by atoms with E-state index < -0.39 is 10.0 Å². The summed E-state index contributed by atoms with van der Waals surface area (Å²) < 4.78 is 28.2. The monoisotopic (exact) mass is 293 g/mol. The van der Waals surface area contributed by atoms with E-state index in [4.69, 9.17) is 0 Å². The lowest BCUT2D eigenvalue weighted by molar-refractivity contribution is 0.374. The molecule has 1 saturated heterocycles. The van der Waals surface area contributed by atoms with Gasteiger partial charge >= 0.3 is 0 Å². The van der Waals surface area contributed by atoms with Gasteiger partial charge < -0.3 is 10.2 Å². The van der Waals surface area contributed by atoms with Crippen molar-refractivity contribution in [3.8, 4) is 0 Å². The molecule has 3 rings (SSSR count). The van der Waals surface area contributed by atoms with Gasteiger partial charge in [0.25, 0.3) is 10.0 Å². The van der Waals surface area contributed by atoms with Gasteiger partial charge in [-0.25, -0.2) is 0 Å². The van der Waals surface area contributed by atoms with Crippen molar-refractivity contribution in [2.24, 2.45) is 4.40 Å².